The molecule has 100 valence electrons. The Bertz CT molecular complexity index is 388. The second kappa shape index (κ2) is 6.18. The zero-order valence-electron chi connectivity index (χ0n) is 11.2. The summed E-state index contributed by atoms with van der Waals surface area (Å²) in [6.45, 7) is 7.00. The van der Waals surface area contributed by atoms with E-state index in [4.69, 9.17) is 4.74 Å². The van der Waals surface area contributed by atoms with Gasteiger partial charge in [-0.1, -0.05) is 48.0 Å². The molecule has 0 aromatic heterocycles. The maximum atomic E-state index is 5.85. The topological polar surface area (TPSA) is 21.3 Å². The standard InChI is InChI=1S/C15H22BrNO/c1-15(2,10-17-13-7-8-13)11-18-9-12-5-3-4-6-14(12)16/h3-6,13,17H,7-11H2,1-2H3. The lowest BCUT2D eigenvalue weighted by Gasteiger charge is -2.25. The molecule has 0 bridgehead atoms. The van der Waals surface area contributed by atoms with Crippen molar-refractivity contribution in [1.29, 1.82) is 0 Å². The van der Waals surface area contributed by atoms with E-state index < -0.39 is 0 Å². The zero-order valence-corrected chi connectivity index (χ0v) is 12.8. The van der Waals surface area contributed by atoms with Gasteiger partial charge in [0.05, 0.1) is 13.2 Å². The molecule has 1 aromatic rings. The molecule has 18 heavy (non-hydrogen) atoms. The molecule has 1 aliphatic carbocycles. The Morgan fingerprint density at radius 2 is 2.06 bits per heavy atom. The molecular weight excluding hydrogens is 290 g/mol. The Hall–Kier alpha value is -0.380. The van der Waals surface area contributed by atoms with Gasteiger partial charge < -0.3 is 10.1 Å². The molecule has 2 nitrogen and oxygen atoms in total. The van der Waals surface area contributed by atoms with Crippen molar-refractivity contribution < 1.29 is 4.74 Å². The van der Waals surface area contributed by atoms with Crippen LogP contribution in [0.2, 0.25) is 0 Å². The molecule has 0 amide bonds. The number of hydrogen-bond donors (Lipinski definition) is 1. The summed E-state index contributed by atoms with van der Waals surface area (Å²) in [5, 5.41) is 3.57. The van der Waals surface area contributed by atoms with Crippen LogP contribution in [-0.2, 0) is 11.3 Å². The molecule has 0 heterocycles. The minimum Gasteiger partial charge on any atom is -0.376 e. The quantitative estimate of drug-likeness (QED) is 0.828. The van der Waals surface area contributed by atoms with Crippen molar-refractivity contribution in [3.8, 4) is 0 Å². The van der Waals surface area contributed by atoms with Crippen molar-refractivity contribution in [3.63, 3.8) is 0 Å². The third-order valence-corrected chi connectivity index (χ3v) is 3.93. The first kappa shape index (κ1) is 14.0. The summed E-state index contributed by atoms with van der Waals surface area (Å²) in [6, 6.07) is 8.99. The predicted molar refractivity (Wildman–Crippen MR) is 78.6 cm³/mol. The van der Waals surface area contributed by atoms with Crippen LogP contribution in [0, 0.1) is 5.41 Å². The molecule has 0 atom stereocenters. The summed E-state index contributed by atoms with van der Waals surface area (Å²) in [5.41, 5.74) is 1.41. The highest BCUT2D eigenvalue weighted by molar-refractivity contribution is 9.10. The fourth-order valence-corrected chi connectivity index (χ4v) is 2.21. The molecule has 0 unspecified atom stereocenters. The summed E-state index contributed by atoms with van der Waals surface area (Å²) in [5.74, 6) is 0. The van der Waals surface area contributed by atoms with Gasteiger partial charge in [-0.2, -0.15) is 0 Å². The Labute approximate surface area is 118 Å². The maximum Gasteiger partial charge on any atom is 0.0728 e. The van der Waals surface area contributed by atoms with E-state index in [9.17, 15) is 0 Å². The highest BCUT2D eigenvalue weighted by Gasteiger charge is 2.25. The number of nitrogens with one attached hydrogen (secondary N) is 1. The smallest absolute Gasteiger partial charge is 0.0728 e. The Balaban J connectivity index is 1.71. The molecule has 3 heteroatoms. The first-order chi connectivity index (χ1) is 8.57. The second-order valence-electron chi connectivity index (χ2n) is 5.90. The van der Waals surface area contributed by atoms with Crippen LogP contribution in [0.3, 0.4) is 0 Å². The van der Waals surface area contributed by atoms with Gasteiger partial charge in [-0.05, 0) is 24.5 Å². The second-order valence-corrected chi connectivity index (χ2v) is 6.76. The molecule has 0 saturated heterocycles. The van der Waals surface area contributed by atoms with Crippen molar-refractivity contribution in [2.75, 3.05) is 13.2 Å². The highest BCUT2D eigenvalue weighted by Crippen LogP contribution is 2.23. The zero-order chi connectivity index (χ0) is 13.0. The van der Waals surface area contributed by atoms with Gasteiger partial charge >= 0.3 is 0 Å². The minimum atomic E-state index is 0.198. The van der Waals surface area contributed by atoms with Gasteiger partial charge in [0, 0.05) is 22.5 Å². The third-order valence-electron chi connectivity index (χ3n) is 3.15. The van der Waals surface area contributed by atoms with Crippen molar-refractivity contribution in [2.24, 2.45) is 5.41 Å². The van der Waals surface area contributed by atoms with Crippen LogP contribution in [0.5, 0.6) is 0 Å². The number of halogens is 1. The van der Waals surface area contributed by atoms with Crippen molar-refractivity contribution in [2.45, 2.75) is 39.3 Å². The number of benzene rings is 1. The van der Waals surface area contributed by atoms with E-state index in [-0.39, 0.29) is 5.41 Å². The van der Waals surface area contributed by atoms with E-state index >= 15 is 0 Å². The molecule has 0 aliphatic heterocycles. The van der Waals surface area contributed by atoms with Gasteiger partial charge in [-0.3, -0.25) is 0 Å². The van der Waals surface area contributed by atoms with Gasteiger partial charge in [0.15, 0.2) is 0 Å². The number of rotatable bonds is 7. The van der Waals surface area contributed by atoms with Gasteiger partial charge in [0.25, 0.3) is 0 Å². The Morgan fingerprint density at radius 1 is 1.33 bits per heavy atom. The van der Waals surface area contributed by atoms with Gasteiger partial charge in [-0.15, -0.1) is 0 Å². The van der Waals surface area contributed by atoms with Gasteiger partial charge in [0.2, 0.25) is 0 Å². The SMILES string of the molecule is CC(C)(CNC1CC1)COCc1ccccc1Br. The summed E-state index contributed by atoms with van der Waals surface area (Å²) in [6.07, 6.45) is 2.68. The fraction of sp³-hybridized carbons (Fsp3) is 0.600. The van der Waals surface area contributed by atoms with E-state index in [1.807, 2.05) is 12.1 Å². The van der Waals surface area contributed by atoms with Crippen molar-refractivity contribution in [3.05, 3.63) is 34.3 Å². The molecule has 2 rings (SSSR count). The average molecular weight is 312 g/mol. The molecule has 1 N–H and O–H groups in total. The lowest BCUT2D eigenvalue weighted by molar-refractivity contribution is 0.0508. The molecule has 0 spiro atoms. The molecule has 1 saturated carbocycles. The summed E-state index contributed by atoms with van der Waals surface area (Å²) >= 11 is 3.54. The molecule has 0 radical (unpaired) electrons. The van der Waals surface area contributed by atoms with Crippen LogP contribution in [0.4, 0.5) is 0 Å². The largest absolute Gasteiger partial charge is 0.376 e. The highest BCUT2D eigenvalue weighted by atomic mass is 79.9. The molecule has 1 fully saturated rings. The summed E-state index contributed by atoms with van der Waals surface area (Å²) < 4.78 is 6.97. The number of hydrogen-bond acceptors (Lipinski definition) is 2. The van der Waals surface area contributed by atoms with Crippen LogP contribution in [0.25, 0.3) is 0 Å². The molecule has 1 aliphatic rings. The van der Waals surface area contributed by atoms with E-state index in [1.54, 1.807) is 0 Å². The Kier molecular flexibility index (Phi) is 4.82. The average Bonchev–Trinajstić information content (AvgIpc) is 3.13. The maximum absolute atomic E-state index is 5.85. The summed E-state index contributed by atoms with van der Waals surface area (Å²) in [4.78, 5) is 0. The van der Waals surface area contributed by atoms with Gasteiger partial charge in [-0.25, -0.2) is 0 Å². The fourth-order valence-electron chi connectivity index (χ4n) is 1.81. The first-order valence-electron chi connectivity index (χ1n) is 6.61. The lowest BCUT2D eigenvalue weighted by Crippen LogP contribution is -2.34. The van der Waals surface area contributed by atoms with Crippen LogP contribution < -0.4 is 5.32 Å². The van der Waals surface area contributed by atoms with Crippen molar-refractivity contribution in [1.82, 2.24) is 5.32 Å². The van der Waals surface area contributed by atoms with E-state index in [0.717, 1.165) is 23.7 Å². The van der Waals surface area contributed by atoms with Crippen LogP contribution in [0.1, 0.15) is 32.3 Å². The minimum absolute atomic E-state index is 0.198. The summed E-state index contributed by atoms with van der Waals surface area (Å²) in [7, 11) is 0. The van der Waals surface area contributed by atoms with E-state index in [0.29, 0.717) is 6.61 Å². The van der Waals surface area contributed by atoms with Crippen LogP contribution in [0.15, 0.2) is 28.7 Å². The normalized spacial score (nSPS) is 15.9. The van der Waals surface area contributed by atoms with E-state index in [2.05, 4.69) is 47.2 Å². The number of ether oxygens (including phenoxy) is 1. The van der Waals surface area contributed by atoms with Crippen LogP contribution >= 0.6 is 15.9 Å². The van der Waals surface area contributed by atoms with Crippen LogP contribution in [-0.4, -0.2) is 19.2 Å². The first-order valence-corrected chi connectivity index (χ1v) is 7.41. The van der Waals surface area contributed by atoms with Gasteiger partial charge in [0.1, 0.15) is 0 Å². The van der Waals surface area contributed by atoms with E-state index in [1.165, 1.54) is 18.4 Å². The third kappa shape index (κ3) is 4.71. The molecular formula is C15H22BrNO. The lowest BCUT2D eigenvalue weighted by atomic mass is 9.95. The Morgan fingerprint density at radius 3 is 2.72 bits per heavy atom. The predicted octanol–water partition coefficient (Wildman–Crippen LogP) is 3.74. The monoisotopic (exact) mass is 311 g/mol. The van der Waals surface area contributed by atoms with Crippen molar-refractivity contribution >= 4 is 15.9 Å². The molecule has 1 aromatic carbocycles.